The Morgan fingerprint density at radius 2 is 1.64 bits per heavy atom. The van der Waals surface area contributed by atoms with Crippen LogP contribution < -0.4 is 5.32 Å². The van der Waals surface area contributed by atoms with Gasteiger partial charge in [0.1, 0.15) is 0 Å². The van der Waals surface area contributed by atoms with Crippen LogP contribution in [0.3, 0.4) is 0 Å². The number of nitrogens with one attached hydrogen (secondary N) is 1. The minimum atomic E-state index is -3.53. The van der Waals surface area contributed by atoms with Gasteiger partial charge in [0, 0.05) is 36.7 Å². The zero-order valence-electron chi connectivity index (χ0n) is 15.1. The molecule has 1 aromatic carbocycles. The number of carbonyl (C=O) groups is 1. The maximum Gasteiger partial charge on any atom is 0.243 e. The standard InChI is InChI=1S/C17H26ClN3O3S/c1-13(16(22)19-17(2,3)4)20-9-11-21(12-10-20)25(23,24)15-7-5-14(18)6-8-15/h5-8,13H,9-12H2,1-4H3,(H,19,22)/t13-/m1/s1. The molecule has 1 aliphatic rings. The van der Waals surface area contributed by atoms with Crippen LogP contribution in [0.15, 0.2) is 29.2 Å². The highest BCUT2D eigenvalue weighted by molar-refractivity contribution is 7.89. The first-order chi connectivity index (χ1) is 11.5. The minimum absolute atomic E-state index is 0.0403. The number of amides is 1. The number of rotatable bonds is 4. The fourth-order valence-electron chi connectivity index (χ4n) is 2.73. The van der Waals surface area contributed by atoms with E-state index in [1.807, 2.05) is 32.6 Å². The molecule has 1 fully saturated rings. The Bertz CT molecular complexity index is 706. The zero-order chi connectivity index (χ0) is 18.8. The number of carbonyl (C=O) groups excluding carboxylic acids is 1. The van der Waals surface area contributed by atoms with Crippen molar-refractivity contribution in [3.8, 4) is 0 Å². The molecule has 1 amide bonds. The monoisotopic (exact) mass is 387 g/mol. The number of sulfonamides is 1. The van der Waals surface area contributed by atoms with Gasteiger partial charge in [0.15, 0.2) is 0 Å². The van der Waals surface area contributed by atoms with Gasteiger partial charge < -0.3 is 5.32 Å². The van der Waals surface area contributed by atoms with E-state index in [0.717, 1.165) is 0 Å². The highest BCUT2D eigenvalue weighted by Crippen LogP contribution is 2.20. The van der Waals surface area contributed by atoms with Crippen LogP contribution in [-0.4, -0.2) is 61.3 Å². The van der Waals surface area contributed by atoms with Gasteiger partial charge in [0.2, 0.25) is 15.9 Å². The highest BCUT2D eigenvalue weighted by atomic mass is 35.5. The van der Waals surface area contributed by atoms with Gasteiger partial charge in [-0.15, -0.1) is 0 Å². The van der Waals surface area contributed by atoms with Crippen LogP contribution in [0.5, 0.6) is 0 Å². The quantitative estimate of drug-likeness (QED) is 0.857. The van der Waals surface area contributed by atoms with Crippen LogP contribution in [0.4, 0.5) is 0 Å². The molecule has 0 spiro atoms. The van der Waals surface area contributed by atoms with E-state index < -0.39 is 10.0 Å². The average molecular weight is 388 g/mol. The predicted molar refractivity (Wildman–Crippen MR) is 99.1 cm³/mol. The molecule has 1 saturated heterocycles. The third-order valence-corrected chi connectivity index (χ3v) is 6.31. The first-order valence-corrected chi connectivity index (χ1v) is 10.1. The Balaban J connectivity index is 1.99. The number of hydrogen-bond donors (Lipinski definition) is 1. The second-order valence-electron chi connectivity index (χ2n) is 7.31. The maximum absolute atomic E-state index is 12.7. The molecule has 0 radical (unpaired) electrons. The highest BCUT2D eigenvalue weighted by Gasteiger charge is 2.32. The average Bonchev–Trinajstić information content (AvgIpc) is 2.53. The van der Waals surface area contributed by atoms with E-state index in [9.17, 15) is 13.2 Å². The fourth-order valence-corrected chi connectivity index (χ4v) is 4.27. The number of nitrogens with zero attached hydrogens (tertiary/aromatic N) is 2. The summed E-state index contributed by atoms with van der Waals surface area (Å²) in [5.41, 5.74) is -0.287. The van der Waals surface area contributed by atoms with Crippen LogP contribution >= 0.6 is 11.6 Å². The lowest BCUT2D eigenvalue weighted by Gasteiger charge is -2.37. The molecular formula is C17H26ClN3O3S. The normalized spacial score (nSPS) is 18.8. The molecule has 0 unspecified atom stereocenters. The topological polar surface area (TPSA) is 69.7 Å². The van der Waals surface area contributed by atoms with Gasteiger partial charge >= 0.3 is 0 Å². The second-order valence-corrected chi connectivity index (χ2v) is 9.68. The third kappa shape index (κ3) is 5.17. The van der Waals surface area contributed by atoms with Gasteiger partial charge in [-0.05, 0) is 52.0 Å². The molecule has 0 bridgehead atoms. The lowest BCUT2D eigenvalue weighted by Crippen LogP contribution is -2.56. The van der Waals surface area contributed by atoms with Crippen molar-refractivity contribution in [2.24, 2.45) is 0 Å². The lowest BCUT2D eigenvalue weighted by atomic mass is 10.1. The van der Waals surface area contributed by atoms with Gasteiger partial charge in [-0.1, -0.05) is 11.6 Å². The van der Waals surface area contributed by atoms with Crippen molar-refractivity contribution in [2.75, 3.05) is 26.2 Å². The van der Waals surface area contributed by atoms with E-state index in [4.69, 9.17) is 11.6 Å². The summed E-state index contributed by atoms with van der Waals surface area (Å²) in [5, 5.41) is 3.47. The van der Waals surface area contributed by atoms with E-state index >= 15 is 0 Å². The molecule has 25 heavy (non-hydrogen) atoms. The number of piperazine rings is 1. The number of benzene rings is 1. The molecule has 1 N–H and O–H groups in total. The molecule has 1 atom stereocenters. The predicted octanol–water partition coefficient (Wildman–Crippen LogP) is 1.95. The van der Waals surface area contributed by atoms with Crippen LogP contribution in [-0.2, 0) is 14.8 Å². The van der Waals surface area contributed by atoms with Crippen LogP contribution in [0.2, 0.25) is 5.02 Å². The van der Waals surface area contributed by atoms with Crippen molar-refractivity contribution in [2.45, 2.75) is 44.2 Å². The number of halogens is 1. The largest absolute Gasteiger partial charge is 0.350 e. The summed E-state index contributed by atoms with van der Waals surface area (Å²) in [6, 6.07) is 5.89. The van der Waals surface area contributed by atoms with E-state index in [-0.39, 0.29) is 22.4 Å². The van der Waals surface area contributed by atoms with Crippen molar-refractivity contribution in [1.82, 2.24) is 14.5 Å². The molecule has 1 aliphatic heterocycles. The van der Waals surface area contributed by atoms with Crippen LogP contribution in [0, 0.1) is 0 Å². The first kappa shape index (κ1) is 20.2. The third-order valence-electron chi connectivity index (χ3n) is 4.15. The molecular weight excluding hydrogens is 362 g/mol. The SMILES string of the molecule is C[C@H](C(=O)NC(C)(C)C)N1CCN(S(=O)(=O)c2ccc(Cl)cc2)CC1. The van der Waals surface area contributed by atoms with Gasteiger partial charge in [-0.3, -0.25) is 9.69 Å². The molecule has 0 aliphatic carbocycles. The van der Waals surface area contributed by atoms with E-state index in [1.165, 1.54) is 16.4 Å². The summed E-state index contributed by atoms with van der Waals surface area (Å²) in [6.45, 7) is 9.43. The Labute approximate surface area is 155 Å². The Hall–Kier alpha value is -1.15. The van der Waals surface area contributed by atoms with Gasteiger partial charge in [-0.2, -0.15) is 4.31 Å². The molecule has 1 aromatic rings. The summed E-state index contributed by atoms with van der Waals surface area (Å²) in [5.74, 6) is -0.0403. The summed E-state index contributed by atoms with van der Waals surface area (Å²) in [7, 11) is -3.53. The Morgan fingerprint density at radius 3 is 2.12 bits per heavy atom. The summed E-state index contributed by atoms with van der Waals surface area (Å²) in [6.07, 6.45) is 0. The molecule has 140 valence electrons. The van der Waals surface area contributed by atoms with Crippen LogP contribution in [0.1, 0.15) is 27.7 Å². The van der Waals surface area contributed by atoms with E-state index in [2.05, 4.69) is 5.32 Å². The van der Waals surface area contributed by atoms with Crippen molar-refractivity contribution in [3.05, 3.63) is 29.3 Å². The van der Waals surface area contributed by atoms with Crippen LogP contribution in [0.25, 0.3) is 0 Å². The van der Waals surface area contributed by atoms with Crippen molar-refractivity contribution in [3.63, 3.8) is 0 Å². The summed E-state index contributed by atoms with van der Waals surface area (Å²) < 4.78 is 26.8. The smallest absolute Gasteiger partial charge is 0.243 e. The van der Waals surface area contributed by atoms with E-state index in [0.29, 0.717) is 31.2 Å². The van der Waals surface area contributed by atoms with E-state index in [1.54, 1.807) is 12.1 Å². The van der Waals surface area contributed by atoms with Crippen molar-refractivity contribution >= 4 is 27.5 Å². The molecule has 0 saturated carbocycles. The Kier molecular flexibility index (Phi) is 6.14. The first-order valence-electron chi connectivity index (χ1n) is 8.32. The second kappa shape index (κ2) is 7.61. The maximum atomic E-state index is 12.7. The molecule has 6 nitrogen and oxygen atoms in total. The van der Waals surface area contributed by atoms with Gasteiger partial charge in [0.05, 0.1) is 10.9 Å². The van der Waals surface area contributed by atoms with Crippen molar-refractivity contribution < 1.29 is 13.2 Å². The summed E-state index contributed by atoms with van der Waals surface area (Å²) in [4.78, 5) is 14.5. The zero-order valence-corrected chi connectivity index (χ0v) is 16.7. The molecule has 2 rings (SSSR count). The number of hydrogen-bond acceptors (Lipinski definition) is 4. The van der Waals surface area contributed by atoms with Gasteiger partial charge in [0.25, 0.3) is 0 Å². The Morgan fingerprint density at radius 1 is 1.12 bits per heavy atom. The molecule has 8 heteroatoms. The van der Waals surface area contributed by atoms with Gasteiger partial charge in [-0.25, -0.2) is 8.42 Å². The molecule has 1 heterocycles. The lowest BCUT2D eigenvalue weighted by molar-refractivity contribution is -0.127. The fraction of sp³-hybridized carbons (Fsp3) is 0.588. The molecule has 0 aromatic heterocycles. The summed E-state index contributed by atoms with van der Waals surface area (Å²) >= 11 is 5.82. The minimum Gasteiger partial charge on any atom is -0.350 e. The van der Waals surface area contributed by atoms with Crippen molar-refractivity contribution in [1.29, 1.82) is 0 Å².